The summed E-state index contributed by atoms with van der Waals surface area (Å²) in [5, 5.41) is 0. The molecule has 7 nitrogen and oxygen atoms in total. The van der Waals surface area contributed by atoms with Crippen molar-refractivity contribution in [2.75, 3.05) is 33.3 Å². The number of aromatic nitrogens is 2. The van der Waals surface area contributed by atoms with Crippen LogP contribution in [0.2, 0.25) is 0 Å². The predicted molar refractivity (Wildman–Crippen MR) is 75.9 cm³/mol. The number of ether oxygens (including phenoxy) is 1. The van der Waals surface area contributed by atoms with E-state index in [1.165, 1.54) is 10.8 Å². The van der Waals surface area contributed by atoms with Crippen molar-refractivity contribution >= 4 is 5.91 Å². The molecule has 21 heavy (non-hydrogen) atoms. The molecule has 1 aromatic heterocycles. The summed E-state index contributed by atoms with van der Waals surface area (Å²) in [7, 11) is 2.05. The molecule has 0 spiro atoms. The number of morpholine rings is 1. The Hall–Kier alpha value is -1.73. The first-order valence-corrected chi connectivity index (χ1v) is 7.26. The van der Waals surface area contributed by atoms with Gasteiger partial charge in [-0.25, -0.2) is 9.78 Å². The lowest BCUT2D eigenvalue weighted by atomic mass is 9.99. The predicted octanol–water partition coefficient (Wildman–Crippen LogP) is -0.825. The Kier molecular flexibility index (Phi) is 4.03. The molecule has 2 saturated heterocycles. The number of fused-ring (bicyclic) bond motifs is 1. The number of likely N-dealkylation sites (tertiary alicyclic amines) is 1. The fourth-order valence-corrected chi connectivity index (χ4v) is 3.08. The fourth-order valence-electron chi connectivity index (χ4n) is 3.08. The second-order valence-corrected chi connectivity index (χ2v) is 5.64. The highest BCUT2D eigenvalue weighted by Crippen LogP contribution is 2.22. The Bertz CT molecular complexity index is 573. The van der Waals surface area contributed by atoms with Gasteiger partial charge in [-0.15, -0.1) is 0 Å². The lowest BCUT2D eigenvalue weighted by molar-refractivity contribution is -0.152. The Morgan fingerprint density at radius 1 is 1.48 bits per heavy atom. The molecule has 3 rings (SSSR count). The van der Waals surface area contributed by atoms with E-state index in [4.69, 9.17) is 4.74 Å². The van der Waals surface area contributed by atoms with Crippen molar-refractivity contribution in [2.24, 2.45) is 0 Å². The molecule has 0 aliphatic carbocycles. The van der Waals surface area contributed by atoms with Crippen LogP contribution in [0.25, 0.3) is 0 Å². The average Bonchev–Trinajstić information content (AvgIpc) is 2.49. The topological polar surface area (TPSA) is 67.7 Å². The van der Waals surface area contributed by atoms with Gasteiger partial charge in [-0.3, -0.25) is 9.36 Å². The number of carbonyl (C=O) groups is 1. The molecule has 7 heteroatoms. The first-order chi connectivity index (χ1) is 10.1. The van der Waals surface area contributed by atoms with Crippen LogP contribution in [0.1, 0.15) is 6.42 Å². The molecule has 3 heterocycles. The Labute approximate surface area is 123 Å². The largest absolute Gasteiger partial charge is 0.374 e. The molecule has 1 aromatic rings. The molecular weight excluding hydrogens is 272 g/mol. The molecule has 0 radical (unpaired) electrons. The molecule has 114 valence electrons. The third-order valence-corrected chi connectivity index (χ3v) is 4.20. The van der Waals surface area contributed by atoms with Crippen LogP contribution in [0.15, 0.2) is 23.3 Å². The van der Waals surface area contributed by atoms with Gasteiger partial charge in [0, 0.05) is 32.0 Å². The van der Waals surface area contributed by atoms with Gasteiger partial charge < -0.3 is 14.5 Å². The summed E-state index contributed by atoms with van der Waals surface area (Å²) in [4.78, 5) is 31.9. The van der Waals surface area contributed by atoms with Gasteiger partial charge >= 0.3 is 5.69 Å². The lowest BCUT2D eigenvalue weighted by Crippen LogP contribution is -2.61. The minimum atomic E-state index is -0.392. The highest BCUT2D eigenvalue weighted by molar-refractivity contribution is 5.76. The summed E-state index contributed by atoms with van der Waals surface area (Å²) in [6.07, 6.45) is 4.09. The first-order valence-electron chi connectivity index (χ1n) is 7.26. The molecule has 1 amide bonds. The van der Waals surface area contributed by atoms with Gasteiger partial charge in [0.15, 0.2) is 0 Å². The maximum Gasteiger partial charge on any atom is 0.347 e. The van der Waals surface area contributed by atoms with Crippen LogP contribution >= 0.6 is 0 Å². The highest BCUT2D eigenvalue weighted by Gasteiger charge is 2.38. The maximum atomic E-state index is 12.5. The van der Waals surface area contributed by atoms with E-state index in [1.54, 1.807) is 12.3 Å². The van der Waals surface area contributed by atoms with Crippen molar-refractivity contribution in [3.8, 4) is 0 Å². The zero-order chi connectivity index (χ0) is 14.8. The number of nitrogens with zero attached hydrogens (tertiary/aromatic N) is 4. The monoisotopic (exact) mass is 292 g/mol. The van der Waals surface area contributed by atoms with Gasteiger partial charge in [-0.2, -0.15) is 0 Å². The van der Waals surface area contributed by atoms with Gasteiger partial charge in [0.25, 0.3) is 0 Å². The number of amides is 1. The van der Waals surface area contributed by atoms with Crippen LogP contribution in [-0.4, -0.2) is 70.7 Å². The molecule has 2 atom stereocenters. The summed E-state index contributed by atoms with van der Waals surface area (Å²) in [5.74, 6) is -0.0429. The molecule has 0 saturated carbocycles. The van der Waals surface area contributed by atoms with Crippen molar-refractivity contribution in [2.45, 2.75) is 25.1 Å². The van der Waals surface area contributed by atoms with Crippen LogP contribution in [0.3, 0.4) is 0 Å². The molecular formula is C14H20N4O3. The third kappa shape index (κ3) is 2.98. The van der Waals surface area contributed by atoms with Gasteiger partial charge in [0.05, 0.1) is 18.8 Å². The summed E-state index contributed by atoms with van der Waals surface area (Å²) < 4.78 is 7.13. The van der Waals surface area contributed by atoms with Crippen LogP contribution in [0, 0.1) is 0 Å². The third-order valence-electron chi connectivity index (χ3n) is 4.20. The number of likely N-dealkylation sites (N-methyl/N-ethyl adjacent to an activating group) is 1. The van der Waals surface area contributed by atoms with E-state index in [9.17, 15) is 9.59 Å². The van der Waals surface area contributed by atoms with Crippen molar-refractivity contribution < 1.29 is 9.53 Å². The average molecular weight is 292 g/mol. The Morgan fingerprint density at radius 2 is 2.33 bits per heavy atom. The molecule has 2 fully saturated rings. The van der Waals surface area contributed by atoms with E-state index in [1.807, 2.05) is 4.90 Å². The number of rotatable bonds is 2. The quantitative estimate of drug-likeness (QED) is 0.712. The number of hydrogen-bond acceptors (Lipinski definition) is 5. The number of piperidine rings is 1. The number of carbonyl (C=O) groups excluding carboxylic acids is 1. The van der Waals surface area contributed by atoms with Crippen molar-refractivity contribution in [3.05, 3.63) is 28.9 Å². The van der Waals surface area contributed by atoms with E-state index in [0.717, 1.165) is 19.5 Å². The number of hydrogen-bond donors (Lipinski definition) is 0. The molecule has 0 aromatic carbocycles. The van der Waals surface area contributed by atoms with Crippen LogP contribution < -0.4 is 5.69 Å². The second kappa shape index (κ2) is 5.95. The first kappa shape index (κ1) is 14.2. The second-order valence-electron chi connectivity index (χ2n) is 5.64. The standard InChI is InChI=1S/C14H20N4O3/c1-16-6-3-12-11(9-16)18(7-8-21-12)13(19)10-17-5-2-4-15-14(17)20/h2,4-5,11-12H,3,6-10H2,1H3/t11-,12+/m0/s1. The SMILES string of the molecule is CN1CC[C@H]2OCCN(C(=O)Cn3cccnc3=O)[C@H]2C1. The van der Waals surface area contributed by atoms with Gasteiger partial charge in [0.1, 0.15) is 6.54 Å². The van der Waals surface area contributed by atoms with Gasteiger partial charge in [-0.1, -0.05) is 0 Å². The van der Waals surface area contributed by atoms with Crippen LogP contribution in [0.4, 0.5) is 0 Å². The summed E-state index contributed by atoms with van der Waals surface area (Å²) in [6.45, 7) is 3.00. The molecule has 2 aliphatic rings. The molecule has 2 aliphatic heterocycles. The summed E-state index contributed by atoms with van der Waals surface area (Å²) in [5.41, 5.74) is -0.392. The van der Waals surface area contributed by atoms with Gasteiger partial charge in [-0.05, 0) is 19.5 Å². The van der Waals surface area contributed by atoms with E-state index in [-0.39, 0.29) is 24.6 Å². The minimum absolute atomic E-state index is 0.0413. The minimum Gasteiger partial charge on any atom is -0.374 e. The molecule has 0 N–H and O–H groups in total. The summed E-state index contributed by atoms with van der Waals surface area (Å²) >= 11 is 0. The fraction of sp³-hybridized carbons (Fsp3) is 0.643. The van der Waals surface area contributed by atoms with Crippen molar-refractivity contribution in [3.63, 3.8) is 0 Å². The van der Waals surface area contributed by atoms with Crippen molar-refractivity contribution in [1.29, 1.82) is 0 Å². The van der Waals surface area contributed by atoms with Gasteiger partial charge in [0.2, 0.25) is 5.91 Å². The van der Waals surface area contributed by atoms with E-state index in [2.05, 4.69) is 16.9 Å². The highest BCUT2D eigenvalue weighted by atomic mass is 16.5. The Balaban J connectivity index is 1.74. The normalized spacial score (nSPS) is 26.4. The molecule has 0 bridgehead atoms. The lowest BCUT2D eigenvalue weighted by Gasteiger charge is -2.46. The van der Waals surface area contributed by atoms with E-state index in [0.29, 0.717) is 13.2 Å². The smallest absolute Gasteiger partial charge is 0.347 e. The maximum absolute atomic E-state index is 12.5. The zero-order valence-electron chi connectivity index (χ0n) is 12.1. The van der Waals surface area contributed by atoms with Crippen LogP contribution in [0.5, 0.6) is 0 Å². The van der Waals surface area contributed by atoms with Crippen molar-refractivity contribution in [1.82, 2.24) is 19.4 Å². The Morgan fingerprint density at radius 3 is 3.14 bits per heavy atom. The van der Waals surface area contributed by atoms with E-state index < -0.39 is 5.69 Å². The summed E-state index contributed by atoms with van der Waals surface area (Å²) in [6, 6.07) is 1.74. The van der Waals surface area contributed by atoms with Crippen LogP contribution in [-0.2, 0) is 16.1 Å². The van der Waals surface area contributed by atoms with E-state index >= 15 is 0 Å². The zero-order valence-corrected chi connectivity index (χ0v) is 12.1. The molecule has 0 unspecified atom stereocenters.